The standard InChI is InChI=1S/C13H18FN3O/c1-9-13(18)16-4-5-17(9)8-11-6-10(7-15)2-3-12(11)14/h2-3,6,9H,4-5,7-8,15H2,1H3,(H,16,18). The van der Waals surface area contributed by atoms with Crippen LogP contribution in [0.3, 0.4) is 0 Å². The van der Waals surface area contributed by atoms with Crippen molar-refractivity contribution in [2.24, 2.45) is 5.73 Å². The maximum Gasteiger partial charge on any atom is 0.237 e. The predicted molar refractivity (Wildman–Crippen MR) is 67.2 cm³/mol. The monoisotopic (exact) mass is 251 g/mol. The number of nitrogens with one attached hydrogen (secondary N) is 1. The lowest BCUT2D eigenvalue weighted by Crippen LogP contribution is -2.53. The molecule has 0 radical (unpaired) electrons. The van der Waals surface area contributed by atoms with Crippen molar-refractivity contribution in [1.82, 2.24) is 10.2 Å². The number of nitrogens with two attached hydrogens (primary N) is 1. The Bertz CT molecular complexity index is 450. The van der Waals surface area contributed by atoms with Crippen LogP contribution in [0.1, 0.15) is 18.1 Å². The average molecular weight is 251 g/mol. The summed E-state index contributed by atoms with van der Waals surface area (Å²) in [5.41, 5.74) is 7.05. The van der Waals surface area contributed by atoms with Crippen molar-refractivity contribution in [3.8, 4) is 0 Å². The van der Waals surface area contributed by atoms with Crippen molar-refractivity contribution in [3.63, 3.8) is 0 Å². The summed E-state index contributed by atoms with van der Waals surface area (Å²) >= 11 is 0. The van der Waals surface area contributed by atoms with Crippen molar-refractivity contribution in [2.75, 3.05) is 13.1 Å². The molecule has 4 nitrogen and oxygen atoms in total. The van der Waals surface area contributed by atoms with E-state index in [0.29, 0.717) is 25.2 Å². The number of hydrogen-bond donors (Lipinski definition) is 2. The van der Waals surface area contributed by atoms with Gasteiger partial charge in [-0.1, -0.05) is 12.1 Å². The summed E-state index contributed by atoms with van der Waals surface area (Å²) < 4.78 is 13.7. The smallest absolute Gasteiger partial charge is 0.237 e. The van der Waals surface area contributed by atoms with Crippen molar-refractivity contribution in [1.29, 1.82) is 0 Å². The Morgan fingerprint density at radius 3 is 3.06 bits per heavy atom. The largest absolute Gasteiger partial charge is 0.353 e. The van der Waals surface area contributed by atoms with Gasteiger partial charge in [0.1, 0.15) is 5.82 Å². The van der Waals surface area contributed by atoms with Gasteiger partial charge in [-0.05, 0) is 18.6 Å². The van der Waals surface area contributed by atoms with Crippen LogP contribution in [0.15, 0.2) is 18.2 Å². The Kier molecular flexibility index (Phi) is 3.93. The van der Waals surface area contributed by atoms with E-state index in [1.807, 2.05) is 11.8 Å². The fraction of sp³-hybridized carbons (Fsp3) is 0.462. The van der Waals surface area contributed by atoms with E-state index in [1.165, 1.54) is 6.07 Å². The molecule has 1 fully saturated rings. The van der Waals surface area contributed by atoms with Gasteiger partial charge in [0.15, 0.2) is 0 Å². The number of rotatable bonds is 3. The van der Waals surface area contributed by atoms with Gasteiger partial charge < -0.3 is 11.1 Å². The normalized spacial score (nSPS) is 20.8. The molecule has 1 aromatic rings. The van der Waals surface area contributed by atoms with Crippen LogP contribution >= 0.6 is 0 Å². The fourth-order valence-corrected chi connectivity index (χ4v) is 2.14. The Morgan fingerprint density at radius 2 is 2.33 bits per heavy atom. The quantitative estimate of drug-likeness (QED) is 0.827. The van der Waals surface area contributed by atoms with Gasteiger partial charge in [-0.25, -0.2) is 4.39 Å². The molecule has 1 aliphatic rings. The molecule has 18 heavy (non-hydrogen) atoms. The van der Waals surface area contributed by atoms with E-state index in [9.17, 15) is 9.18 Å². The van der Waals surface area contributed by atoms with Crippen LogP contribution in [0.4, 0.5) is 4.39 Å². The summed E-state index contributed by atoms with van der Waals surface area (Å²) in [5.74, 6) is -0.248. The summed E-state index contributed by atoms with van der Waals surface area (Å²) in [7, 11) is 0. The minimum Gasteiger partial charge on any atom is -0.353 e. The van der Waals surface area contributed by atoms with Crippen molar-refractivity contribution in [2.45, 2.75) is 26.1 Å². The lowest BCUT2D eigenvalue weighted by Gasteiger charge is -2.32. The number of carbonyl (C=O) groups excluding carboxylic acids is 1. The third kappa shape index (κ3) is 2.68. The molecular weight excluding hydrogens is 233 g/mol. The minimum absolute atomic E-state index is 0.00311. The first-order chi connectivity index (χ1) is 8.61. The number of nitrogens with zero attached hydrogens (tertiary/aromatic N) is 1. The summed E-state index contributed by atoms with van der Waals surface area (Å²) in [5, 5.41) is 2.79. The van der Waals surface area contributed by atoms with Gasteiger partial charge >= 0.3 is 0 Å². The highest BCUT2D eigenvalue weighted by molar-refractivity contribution is 5.81. The van der Waals surface area contributed by atoms with Gasteiger partial charge in [-0.15, -0.1) is 0 Å². The van der Waals surface area contributed by atoms with Gasteiger partial charge in [0.2, 0.25) is 5.91 Å². The molecule has 1 unspecified atom stereocenters. The molecule has 0 spiro atoms. The number of piperazine rings is 1. The Balaban J connectivity index is 2.15. The van der Waals surface area contributed by atoms with E-state index >= 15 is 0 Å². The summed E-state index contributed by atoms with van der Waals surface area (Å²) in [6.07, 6.45) is 0. The molecule has 1 aromatic carbocycles. The maximum absolute atomic E-state index is 13.7. The summed E-state index contributed by atoms with van der Waals surface area (Å²) in [6.45, 7) is 4.01. The van der Waals surface area contributed by atoms with Crippen molar-refractivity contribution in [3.05, 3.63) is 35.1 Å². The second-order valence-electron chi connectivity index (χ2n) is 4.57. The summed E-state index contributed by atoms with van der Waals surface area (Å²) in [6, 6.07) is 4.67. The highest BCUT2D eigenvalue weighted by Crippen LogP contribution is 2.15. The zero-order chi connectivity index (χ0) is 13.1. The van der Waals surface area contributed by atoms with Crippen LogP contribution in [0.2, 0.25) is 0 Å². The molecule has 1 atom stereocenters. The molecule has 0 saturated carbocycles. The van der Waals surface area contributed by atoms with Crippen molar-refractivity contribution < 1.29 is 9.18 Å². The van der Waals surface area contributed by atoms with Crippen LogP contribution in [0.5, 0.6) is 0 Å². The van der Waals surface area contributed by atoms with Gasteiger partial charge in [0.05, 0.1) is 6.04 Å². The molecule has 2 rings (SSSR count). The SMILES string of the molecule is CC1C(=O)NCCN1Cc1cc(CN)ccc1F. The first-order valence-electron chi connectivity index (χ1n) is 6.11. The second-order valence-corrected chi connectivity index (χ2v) is 4.57. The highest BCUT2D eigenvalue weighted by atomic mass is 19.1. The average Bonchev–Trinajstić information content (AvgIpc) is 2.37. The molecule has 1 amide bonds. The molecule has 0 bridgehead atoms. The lowest BCUT2D eigenvalue weighted by atomic mass is 10.1. The number of carbonyl (C=O) groups is 1. The van der Waals surface area contributed by atoms with E-state index in [4.69, 9.17) is 5.73 Å². The molecule has 1 heterocycles. The zero-order valence-corrected chi connectivity index (χ0v) is 10.4. The van der Waals surface area contributed by atoms with Gasteiger partial charge in [0.25, 0.3) is 0 Å². The number of hydrogen-bond acceptors (Lipinski definition) is 3. The van der Waals surface area contributed by atoms with E-state index < -0.39 is 0 Å². The van der Waals surface area contributed by atoms with Gasteiger partial charge in [-0.3, -0.25) is 9.69 Å². The molecule has 98 valence electrons. The van der Waals surface area contributed by atoms with E-state index in [-0.39, 0.29) is 17.8 Å². The van der Waals surface area contributed by atoms with E-state index in [2.05, 4.69) is 5.32 Å². The van der Waals surface area contributed by atoms with Crippen LogP contribution < -0.4 is 11.1 Å². The zero-order valence-electron chi connectivity index (χ0n) is 10.4. The molecule has 1 saturated heterocycles. The predicted octanol–water partition coefficient (Wildman–Crippen LogP) is 0.605. The number of amides is 1. The van der Waals surface area contributed by atoms with E-state index in [0.717, 1.165) is 12.1 Å². The molecule has 5 heteroatoms. The van der Waals surface area contributed by atoms with Crippen LogP contribution in [-0.2, 0) is 17.9 Å². The molecular formula is C13H18FN3O. The Hall–Kier alpha value is -1.46. The maximum atomic E-state index is 13.7. The number of benzene rings is 1. The molecule has 0 aliphatic carbocycles. The summed E-state index contributed by atoms with van der Waals surface area (Å²) in [4.78, 5) is 13.5. The Labute approximate surface area is 106 Å². The van der Waals surface area contributed by atoms with Crippen molar-refractivity contribution >= 4 is 5.91 Å². The highest BCUT2D eigenvalue weighted by Gasteiger charge is 2.25. The van der Waals surface area contributed by atoms with Gasteiger partial charge in [-0.2, -0.15) is 0 Å². The van der Waals surface area contributed by atoms with E-state index in [1.54, 1.807) is 12.1 Å². The molecule has 3 N–H and O–H groups in total. The minimum atomic E-state index is -0.245. The third-order valence-electron chi connectivity index (χ3n) is 3.34. The Morgan fingerprint density at radius 1 is 1.56 bits per heavy atom. The van der Waals surface area contributed by atoms with Crippen LogP contribution in [0.25, 0.3) is 0 Å². The topological polar surface area (TPSA) is 58.4 Å². The van der Waals surface area contributed by atoms with Crippen LogP contribution in [-0.4, -0.2) is 29.9 Å². The molecule has 1 aliphatic heterocycles. The first-order valence-corrected chi connectivity index (χ1v) is 6.11. The third-order valence-corrected chi connectivity index (χ3v) is 3.34. The number of halogens is 1. The lowest BCUT2D eigenvalue weighted by molar-refractivity contribution is -0.128. The van der Waals surface area contributed by atoms with Crippen LogP contribution in [0, 0.1) is 5.82 Å². The van der Waals surface area contributed by atoms with Gasteiger partial charge in [0, 0.05) is 31.7 Å². The second kappa shape index (κ2) is 5.46. The first kappa shape index (κ1) is 13.0. The molecule has 0 aromatic heterocycles. The fourth-order valence-electron chi connectivity index (χ4n) is 2.14.